The first kappa shape index (κ1) is 20.9. The van der Waals surface area contributed by atoms with Crippen LogP contribution in [-0.2, 0) is 11.2 Å². The quantitative estimate of drug-likeness (QED) is 0.778. The monoisotopic (exact) mass is 394 g/mol. The van der Waals surface area contributed by atoms with Gasteiger partial charge in [0.25, 0.3) is 5.91 Å². The van der Waals surface area contributed by atoms with E-state index in [4.69, 9.17) is 4.74 Å². The van der Waals surface area contributed by atoms with E-state index in [0.29, 0.717) is 39.0 Å². The summed E-state index contributed by atoms with van der Waals surface area (Å²) in [6.45, 7) is 6.65. The number of hydrogen-bond donors (Lipinski definition) is 0. The lowest BCUT2D eigenvalue weighted by atomic mass is 10.1. The number of benzene rings is 2. The molecule has 1 saturated heterocycles. The van der Waals surface area contributed by atoms with Gasteiger partial charge in [0.15, 0.2) is 0 Å². The van der Waals surface area contributed by atoms with Crippen molar-refractivity contribution in [2.45, 2.75) is 33.1 Å². The number of rotatable bonds is 5. The molecule has 0 aromatic heterocycles. The van der Waals surface area contributed by atoms with E-state index in [2.05, 4.69) is 0 Å². The van der Waals surface area contributed by atoms with Crippen LogP contribution in [0.5, 0.6) is 5.75 Å². The van der Waals surface area contributed by atoms with Gasteiger partial charge in [0, 0.05) is 38.2 Å². The molecule has 2 aromatic rings. The Hall–Kier alpha value is -2.82. The van der Waals surface area contributed by atoms with Crippen molar-refractivity contribution in [3.05, 3.63) is 64.7 Å². The Bertz CT molecular complexity index is 861. The number of ether oxygens (including phenoxy) is 1. The van der Waals surface area contributed by atoms with E-state index >= 15 is 0 Å². The fourth-order valence-electron chi connectivity index (χ4n) is 3.63. The van der Waals surface area contributed by atoms with Gasteiger partial charge in [0.1, 0.15) is 5.75 Å². The minimum Gasteiger partial charge on any atom is -0.497 e. The second kappa shape index (κ2) is 9.59. The Balaban J connectivity index is 1.53. The van der Waals surface area contributed by atoms with Gasteiger partial charge < -0.3 is 14.5 Å². The van der Waals surface area contributed by atoms with Crippen molar-refractivity contribution in [2.75, 3.05) is 33.3 Å². The highest BCUT2D eigenvalue weighted by atomic mass is 16.5. The third-order valence-electron chi connectivity index (χ3n) is 5.68. The number of carbonyl (C=O) groups excluding carboxylic acids is 2. The molecule has 2 aromatic carbocycles. The summed E-state index contributed by atoms with van der Waals surface area (Å²) in [7, 11) is 1.64. The van der Waals surface area contributed by atoms with E-state index in [0.717, 1.165) is 28.9 Å². The molecular weight excluding hydrogens is 364 g/mol. The number of aryl methyl sites for hydroxylation is 3. The van der Waals surface area contributed by atoms with Crippen molar-refractivity contribution >= 4 is 11.8 Å². The maximum absolute atomic E-state index is 12.9. The van der Waals surface area contributed by atoms with Gasteiger partial charge in [-0.1, -0.05) is 18.2 Å². The predicted octanol–water partition coefficient (Wildman–Crippen LogP) is 3.62. The zero-order valence-corrected chi connectivity index (χ0v) is 17.6. The number of carbonyl (C=O) groups is 2. The highest BCUT2D eigenvalue weighted by Gasteiger charge is 2.22. The van der Waals surface area contributed by atoms with Crippen molar-refractivity contribution in [1.29, 1.82) is 0 Å². The van der Waals surface area contributed by atoms with Gasteiger partial charge in [0.05, 0.1) is 7.11 Å². The van der Waals surface area contributed by atoms with Crippen molar-refractivity contribution < 1.29 is 14.3 Å². The Morgan fingerprint density at radius 3 is 2.28 bits per heavy atom. The van der Waals surface area contributed by atoms with E-state index in [1.165, 1.54) is 5.56 Å². The van der Waals surface area contributed by atoms with Gasteiger partial charge >= 0.3 is 0 Å². The molecule has 1 fully saturated rings. The standard InChI is InChI=1S/C24H30N2O3/c1-18-5-9-21(17-19(18)2)24(28)26-14-4-13-25(15-16-26)23(27)12-8-20-6-10-22(29-3)11-7-20/h5-7,9-11,17H,4,8,12-16H2,1-3H3. The highest BCUT2D eigenvalue weighted by molar-refractivity contribution is 5.94. The lowest BCUT2D eigenvalue weighted by Crippen LogP contribution is -2.37. The first-order valence-corrected chi connectivity index (χ1v) is 10.2. The molecule has 0 bridgehead atoms. The lowest BCUT2D eigenvalue weighted by molar-refractivity contribution is -0.131. The average molecular weight is 395 g/mol. The van der Waals surface area contributed by atoms with Crippen LogP contribution in [0.4, 0.5) is 0 Å². The zero-order chi connectivity index (χ0) is 20.8. The molecule has 1 heterocycles. The number of nitrogens with zero attached hydrogens (tertiary/aromatic N) is 2. The van der Waals surface area contributed by atoms with Crippen LogP contribution in [0.25, 0.3) is 0 Å². The third kappa shape index (κ3) is 5.37. The molecule has 2 amide bonds. The summed E-state index contributed by atoms with van der Waals surface area (Å²) in [5.41, 5.74) is 4.17. The van der Waals surface area contributed by atoms with Crippen LogP contribution in [0.15, 0.2) is 42.5 Å². The first-order chi connectivity index (χ1) is 14.0. The van der Waals surface area contributed by atoms with Crippen LogP contribution in [0.3, 0.4) is 0 Å². The Kier molecular flexibility index (Phi) is 6.91. The molecule has 154 valence electrons. The van der Waals surface area contributed by atoms with Crippen molar-refractivity contribution in [1.82, 2.24) is 9.80 Å². The topological polar surface area (TPSA) is 49.9 Å². The molecule has 0 aliphatic carbocycles. The molecule has 1 aliphatic heterocycles. The summed E-state index contributed by atoms with van der Waals surface area (Å²) in [5.74, 6) is 1.03. The largest absolute Gasteiger partial charge is 0.497 e. The van der Waals surface area contributed by atoms with Gasteiger partial charge in [-0.3, -0.25) is 9.59 Å². The molecule has 0 N–H and O–H groups in total. The van der Waals surface area contributed by atoms with Crippen LogP contribution in [0.1, 0.15) is 39.9 Å². The summed E-state index contributed by atoms with van der Waals surface area (Å²) in [6.07, 6.45) is 2.01. The van der Waals surface area contributed by atoms with Crippen LogP contribution in [-0.4, -0.2) is 54.9 Å². The molecule has 0 spiro atoms. The number of amides is 2. The van der Waals surface area contributed by atoms with Crippen LogP contribution in [0, 0.1) is 13.8 Å². The molecule has 3 rings (SSSR count). The van der Waals surface area contributed by atoms with Crippen LogP contribution >= 0.6 is 0 Å². The summed E-state index contributed by atoms with van der Waals surface area (Å²) in [5, 5.41) is 0. The van der Waals surface area contributed by atoms with Gasteiger partial charge in [-0.15, -0.1) is 0 Å². The summed E-state index contributed by atoms with van der Waals surface area (Å²) in [4.78, 5) is 29.3. The second-order valence-electron chi connectivity index (χ2n) is 7.67. The Morgan fingerprint density at radius 2 is 1.59 bits per heavy atom. The van der Waals surface area contributed by atoms with E-state index in [9.17, 15) is 9.59 Å². The molecular formula is C24H30N2O3. The second-order valence-corrected chi connectivity index (χ2v) is 7.67. The van der Waals surface area contributed by atoms with E-state index in [1.54, 1.807) is 7.11 Å². The molecule has 5 nitrogen and oxygen atoms in total. The Labute approximate surface area is 173 Å². The normalized spacial score (nSPS) is 14.4. The summed E-state index contributed by atoms with van der Waals surface area (Å²) in [6, 6.07) is 13.7. The predicted molar refractivity (Wildman–Crippen MR) is 114 cm³/mol. The van der Waals surface area contributed by atoms with E-state index in [1.807, 2.05) is 66.1 Å². The molecule has 29 heavy (non-hydrogen) atoms. The van der Waals surface area contributed by atoms with Crippen molar-refractivity contribution in [2.24, 2.45) is 0 Å². The maximum Gasteiger partial charge on any atom is 0.253 e. The molecule has 0 atom stereocenters. The maximum atomic E-state index is 12.9. The first-order valence-electron chi connectivity index (χ1n) is 10.2. The average Bonchev–Trinajstić information content (AvgIpc) is 3.00. The molecule has 0 unspecified atom stereocenters. The smallest absolute Gasteiger partial charge is 0.253 e. The number of methoxy groups -OCH3 is 1. The van der Waals surface area contributed by atoms with Gasteiger partial charge in [0.2, 0.25) is 5.91 Å². The molecule has 0 radical (unpaired) electrons. The fourth-order valence-corrected chi connectivity index (χ4v) is 3.63. The molecule has 1 aliphatic rings. The fraction of sp³-hybridized carbons (Fsp3) is 0.417. The van der Waals surface area contributed by atoms with Crippen molar-refractivity contribution in [3.63, 3.8) is 0 Å². The summed E-state index contributed by atoms with van der Waals surface area (Å²) < 4.78 is 5.17. The van der Waals surface area contributed by atoms with Gasteiger partial charge in [-0.05, 0) is 67.6 Å². The minimum atomic E-state index is 0.0561. The highest BCUT2D eigenvalue weighted by Crippen LogP contribution is 2.16. The molecule has 5 heteroatoms. The minimum absolute atomic E-state index is 0.0561. The zero-order valence-electron chi connectivity index (χ0n) is 17.6. The summed E-state index contributed by atoms with van der Waals surface area (Å²) >= 11 is 0. The Morgan fingerprint density at radius 1 is 0.897 bits per heavy atom. The SMILES string of the molecule is COc1ccc(CCC(=O)N2CCCN(C(=O)c3ccc(C)c(C)c3)CC2)cc1. The molecule has 0 saturated carbocycles. The van der Waals surface area contributed by atoms with Crippen molar-refractivity contribution in [3.8, 4) is 5.75 Å². The van der Waals surface area contributed by atoms with Crippen LogP contribution < -0.4 is 4.74 Å². The van der Waals surface area contributed by atoms with Crippen LogP contribution in [0.2, 0.25) is 0 Å². The van der Waals surface area contributed by atoms with Gasteiger partial charge in [-0.25, -0.2) is 0 Å². The van der Waals surface area contributed by atoms with E-state index in [-0.39, 0.29) is 11.8 Å². The number of hydrogen-bond acceptors (Lipinski definition) is 3. The van der Waals surface area contributed by atoms with E-state index < -0.39 is 0 Å². The lowest BCUT2D eigenvalue weighted by Gasteiger charge is -2.22. The van der Waals surface area contributed by atoms with Gasteiger partial charge in [-0.2, -0.15) is 0 Å². The third-order valence-corrected chi connectivity index (χ3v) is 5.68.